The van der Waals surface area contributed by atoms with Crippen molar-refractivity contribution in [1.29, 1.82) is 0 Å². The molecule has 0 heterocycles. The zero-order chi connectivity index (χ0) is 14.8. The number of rotatable bonds is 0. The van der Waals surface area contributed by atoms with E-state index in [1.807, 2.05) is 0 Å². The summed E-state index contributed by atoms with van der Waals surface area (Å²) in [4.78, 5) is 12.4. The van der Waals surface area contributed by atoms with E-state index in [4.69, 9.17) is 0 Å². The van der Waals surface area contributed by atoms with Gasteiger partial charge < -0.3 is 5.11 Å². The topological polar surface area (TPSA) is 37.3 Å². The first-order chi connectivity index (χ1) is 9.95. The second-order valence-corrected chi connectivity index (χ2v) is 8.57. The Morgan fingerprint density at radius 2 is 1.81 bits per heavy atom. The molecule has 0 aliphatic heterocycles. The molecule has 3 saturated carbocycles. The fourth-order valence-electron chi connectivity index (χ4n) is 6.41. The van der Waals surface area contributed by atoms with E-state index in [2.05, 4.69) is 19.9 Å². The Hall–Kier alpha value is -0.630. The fraction of sp³-hybridized carbons (Fsp3) is 0.842. The summed E-state index contributed by atoms with van der Waals surface area (Å²) in [6, 6.07) is 0. The second kappa shape index (κ2) is 4.44. The predicted octanol–water partition coefficient (Wildman–Crippen LogP) is 3.88. The Morgan fingerprint density at radius 3 is 2.62 bits per heavy atom. The summed E-state index contributed by atoms with van der Waals surface area (Å²) in [5.74, 6) is 2.60. The van der Waals surface area contributed by atoms with Crippen molar-refractivity contribution in [2.24, 2.45) is 28.6 Å². The number of allylic oxidation sites excluding steroid dienone is 1. The van der Waals surface area contributed by atoms with Crippen LogP contribution < -0.4 is 0 Å². The normalized spacial score (nSPS) is 52.7. The number of hydrogen-bond donors (Lipinski definition) is 1. The highest BCUT2D eigenvalue weighted by Crippen LogP contribution is 2.63. The van der Waals surface area contributed by atoms with Gasteiger partial charge in [-0.1, -0.05) is 25.5 Å². The molecule has 4 aliphatic carbocycles. The van der Waals surface area contributed by atoms with Gasteiger partial charge in [0, 0.05) is 11.8 Å². The molecule has 0 aromatic rings. The maximum atomic E-state index is 12.4. The summed E-state index contributed by atoms with van der Waals surface area (Å²) in [6.45, 7) is 4.69. The Labute approximate surface area is 128 Å². The van der Waals surface area contributed by atoms with Crippen LogP contribution in [0.5, 0.6) is 0 Å². The number of fused-ring (bicyclic) bond motifs is 5. The van der Waals surface area contributed by atoms with Crippen LogP contribution in [0.15, 0.2) is 11.6 Å². The molecule has 21 heavy (non-hydrogen) atoms. The summed E-state index contributed by atoms with van der Waals surface area (Å²) < 4.78 is 0. The first-order valence-corrected chi connectivity index (χ1v) is 8.86. The summed E-state index contributed by atoms with van der Waals surface area (Å²) in [6.07, 6.45) is 10.7. The molecule has 0 aromatic carbocycles. The van der Waals surface area contributed by atoms with Gasteiger partial charge in [0.1, 0.15) is 5.78 Å². The summed E-state index contributed by atoms with van der Waals surface area (Å²) in [7, 11) is 0. The average molecular weight is 288 g/mol. The van der Waals surface area contributed by atoms with Crippen molar-refractivity contribution >= 4 is 5.78 Å². The first kappa shape index (κ1) is 14.0. The second-order valence-electron chi connectivity index (χ2n) is 8.57. The van der Waals surface area contributed by atoms with Crippen LogP contribution in [0.1, 0.15) is 65.2 Å². The summed E-state index contributed by atoms with van der Waals surface area (Å²) >= 11 is 0. The van der Waals surface area contributed by atoms with Crippen LogP contribution in [0.3, 0.4) is 0 Å². The lowest BCUT2D eigenvalue weighted by Gasteiger charge is -2.56. The van der Waals surface area contributed by atoms with Crippen molar-refractivity contribution in [3.8, 4) is 0 Å². The molecule has 1 unspecified atom stereocenters. The molecule has 6 atom stereocenters. The van der Waals surface area contributed by atoms with E-state index in [0.717, 1.165) is 50.9 Å². The van der Waals surface area contributed by atoms with Gasteiger partial charge in [0.15, 0.2) is 0 Å². The Kier molecular flexibility index (Phi) is 2.96. The molecule has 0 aromatic heterocycles. The van der Waals surface area contributed by atoms with E-state index in [0.29, 0.717) is 23.0 Å². The van der Waals surface area contributed by atoms with Crippen LogP contribution in [-0.4, -0.2) is 17.0 Å². The molecule has 2 nitrogen and oxygen atoms in total. The highest BCUT2D eigenvalue weighted by molar-refractivity contribution is 5.87. The highest BCUT2D eigenvalue weighted by atomic mass is 16.3. The zero-order valence-corrected chi connectivity index (χ0v) is 13.4. The fourth-order valence-corrected chi connectivity index (χ4v) is 6.41. The first-order valence-electron chi connectivity index (χ1n) is 8.86. The Balaban J connectivity index is 1.69. The minimum atomic E-state index is -0.122. The molecule has 4 rings (SSSR count). The largest absolute Gasteiger partial charge is 0.393 e. The summed E-state index contributed by atoms with van der Waals surface area (Å²) in [5, 5.41) is 10.00. The third-order valence-corrected chi connectivity index (χ3v) is 7.79. The van der Waals surface area contributed by atoms with Gasteiger partial charge in [0.05, 0.1) is 6.10 Å². The lowest BCUT2D eigenvalue weighted by atomic mass is 9.48. The van der Waals surface area contributed by atoms with Crippen LogP contribution >= 0.6 is 0 Å². The number of carbonyl (C=O) groups is 1. The van der Waals surface area contributed by atoms with Gasteiger partial charge in [0.2, 0.25) is 0 Å². The molecule has 3 fully saturated rings. The molecular formula is C19H28O2. The molecule has 1 N–H and O–H groups in total. The van der Waals surface area contributed by atoms with Gasteiger partial charge in [0.25, 0.3) is 0 Å². The van der Waals surface area contributed by atoms with Gasteiger partial charge in [-0.15, -0.1) is 0 Å². The van der Waals surface area contributed by atoms with E-state index in [-0.39, 0.29) is 11.5 Å². The third kappa shape index (κ3) is 1.78. The van der Waals surface area contributed by atoms with Crippen LogP contribution in [0, 0.1) is 28.6 Å². The van der Waals surface area contributed by atoms with E-state index in [1.54, 1.807) is 0 Å². The van der Waals surface area contributed by atoms with Gasteiger partial charge in [-0.05, 0) is 68.1 Å². The number of Topliss-reactive ketones (excluding diaryl/α,β-unsaturated/α-hetero) is 1. The number of carbonyl (C=O) groups excluding carboxylic acids is 1. The number of hydrogen-bond acceptors (Lipinski definition) is 2. The molecule has 116 valence electrons. The van der Waals surface area contributed by atoms with Crippen LogP contribution in [0.4, 0.5) is 0 Å². The smallest absolute Gasteiger partial charge is 0.139 e. The van der Waals surface area contributed by atoms with E-state index >= 15 is 0 Å². The van der Waals surface area contributed by atoms with Crippen LogP contribution in [0.2, 0.25) is 0 Å². The molecule has 2 heteroatoms. The standard InChI is InChI=1S/C19H28O2/c1-18-9-7-13(20)11-12(18)3-4-14-15-5-6-17(21)19(15,2)10-8-16(14)18/h3,13-16,20H,4-11H2,1-2H3/t13?,14-,15+,16+,18+,19-/m1/s1. The lowest BCUT2D eigenvalue weighted by Crippen LogP contribution is -2.50. The highest BCUT2D eigenvalue weighted by Gasteiger charge is 2.58. The van der Waals surface area contributed by atoms with E-state index < -0.39 is 0 Å². The molecule has 4 aliphatic rings. The van der Waals surface area contributed by atoms with Crippen molar-refractivity contribution in [1.82, 2.24) is 0 Å². The predicted molar refractivity (Wildman–Crippen MR) is 82.7 cm³/mol. The molecule has 0 amide bonds. The van der Waals surface area contributed by atoms with Gasteiger partial charge in [-0.3, -0.25) is 4.79 Å². The van der Waals surface area contributed by atoms with Crippen molar-refractivity contribution in [2.45, 2.75) is 71.3 Å². The number of aliphatic hydroxyl groups is 1. The molecule has 0 spiro atoms. The zero-order valence-electron chi connectivity index (χ0n) is 13.4. The SMILES string of the molecule is C[C@@]12CC[C@H]3[C@H](CC=C4CC(O)CC[C@@]43C)[C@@H]1CCC2=O. The minimum Gasteiger partial charge on any atom is -0.393 e. The monoisotopic (exact) mass is 288 g/mol. The molecule has 0 bridgehead atoms. The maximum Gasteiger partial charge on any atom is 0.139 e. The maximum absolute atomic E-state index is 12.4. The van der Waals surface area contributed by atoms with Gasteiger partial charge in [-0.2, -0.15) is 0 Å². The van der Waals surface area contributed by atoms with E-state index in [9.17, 15) is 9.90 Å². The van der Waals surface area contributed by atoms with Crippen LogP contribution in [0.25, 0.3) is 0 Å². The number of ketones is 1. The van der Waals surface area contributed by atoms with E-state index in [1.165, 1.54) is 12.0 Å². The van der Waals surface area contributed by atoms with Crippen molar-refractivity contribution in [3.05, 3.63) is 11.6 Å². The molecule has 0 saturated heterocycles. The van der Waals surface area contributed by atoms with Crippen molar-refractivity contribution < 1.29 is 9.90 Å². The summed E-state index contributed by atoms with van der Waals surface area (Å²) in [5.41, 5.74) is 1.81. The Bertz CT molecular complexity index is 508. The average Bonchev–Trinajstić information content (AvgIpc) is 2.76. The van der Waals surface area contributed by atoms with Crippen LogP contribution in [-0.2, 0) is 4.79 Å². The third-order valence-electron chi connectivity index (χ3n) is 7.79. The minimum absolute atomic E-state index is 0.0168. The molecular weight excluding hydrogens is 260 g/mol. The van der Waals surface area contributed by atoms with Gasteiger partial charge in [-0.25, -0.2) is 0 Å². The lowest BCUT2D eigenvalue weighted by molar-refractivity contribution is -0.132. The number of aliphatic hydroxyl groups excluding tert-OH is 1. The van der Waals surface area contributed by atoms with Crippen molar-refractivity contribution in [2.75, 3.05) is 0 Å². The van der Waals surface area contributed by atoms with Crippen molar-refractivity contribution in [3.63, 3.8) is 0 Å². The Morgan fingerprint density at radius 1 is 1.10 bits per heavy atom. The quantitative estimate of drug-likeness (QED) is 0.687. The van der Waals surface area contributed by atoms with Gasteiger partial charge >= 0.3 is 0 Å². The molecule has 0 radical (unpaired) electrons.